The molecular formula is C62H44N2O2. The minimum Gasteiger partial charge on any atom is -0.447 e. The highest BCUT2D eigenvalue weighted by Gasteiger charge is 2.33. The molecule has 0 saturated carbocycles. The highest BCUT2D eigenvalue weighted by molar-refractivity contribution is 6.03. The summed E-state index contributed by atoms with van der Waals surface area (Å²) in [5.74, 6) is 2.54. The van der Waals surface area contributed by atoms with E-state index in [1.165, 1.54) is 11.1 Å². The summed E-state index contributed by atoms with van der Waals surface area (Å²) >= 11 is 0. The number of benzene rings is 10. The van der Waals surface area contributed by atoms with Gasteiger partial charge in [0.15, 0.2) is 23.0 Å². The molecule has 12 rings (SSSR count). The lowest BCUT2D eigenvalue weighted by Gasteiger charge is -2.35. The van der Waals surface area contributed by atoms with Gasteiger partial charge in [-0.25, -0.2) is 0 Å². The van der Waals surface area contributed by atoms with Gasteiger partial charge in [-0.05, 0) is 118 Å². The fourth-order valence-corrected chi connectivity index (χ4v) is 9.72. The Bertz CT molecular complexity index is 3260. The third-order valence-corrected chi connectivity index (χ3v) is 12.8. The van der Waals surface area contributed by atoms with Gasteiger partial charge in [-0.3, -0.25) is 0 Å². The van der Waals surface area contributed by atoms with Crippen molar-refractivity contribution in [2.24, 2.45) is 0 Å². The van der Waals surface area contributed by atoms with E-state index in [0.717, 1.165) is 90.8 Å². The van der Waals surface area contributed by atoms with Crippen molar-refractivity contribution >= 4 is 55.7 Å². The summed E-state index contributed by atoms with van der Waals surface area (Å²) in [4.78, 5) is 4.62. The number of nitrogens with zero attached hydrogens (tertiary/aromatic N) is 2. The van der Waals surface area contributed by atoms with E-state index < -0.39 is 0 Å². The second-order valence-corrected chi connectivity index (χ2v) is 16.7. The first-order valence-corrected chi connectivity index (χ1v) is 22.6. The highest BCUT2D eigenvalue weighted by atomic mass is 16.6. The van der Waals surface area contributed by atoms with Crippen LogP contribution in [-0.4, -0.2) is 0 Å². The fourth-order valence-electron chi connectivity index (χ4n) is 9.72. The largest absolute Gasteiger partial charge is 0.447 e. The van der Waals surface area contributed by atoms with Gasteiger partial charge in [-0.2, -0.15) is 0 Å². The van der Waals surface area contributed by atoms with Gasteiger partial charge in [0.2, 0.25) is 0 Å². The van der Waals surface area contributed by atoms with Crippen LogP contribution >= 0.6 is 0 Å². The van der Waals surface area contributed by atoms with Crippen molar-refractivity contribution in [2.45, 2.75) is 12.8 Å². The Morgan fingerprint density at radius 2 is 0.712 bits per heavy atom. The average molecular weight is 849 g/mol. The summed E-state index contributed by atoms with van der Waals surface area (Å²) in [5.41, 5.74) is 12.7. The maximum atomic E-state index is 7.52. The molecule has 66 heavy (non-hydrogen) atoms. The predicted octanol–water partition coefficient (Wildman–Crippen LogP) is 17.4. The number of allylic oxidation sites excluding steroid dienone is 4. The molecule has 0 N–H and O–H groups in total. The lowest BCUT2D eigenvalue weighted by Crippen LogP contribution is -2.16. The number of para-hydroxylation sites is 2. The van der Waals surface area contributed by atoms with Gasteiger partial charge in [0.25, 0.3) is 0 Å². The zero-order chi connectivity index (χ0) is 43.8. The van der Waals surface area contributed by atoms with Gasteiger partial charge < -0.3 is 19.3 Å². The van der Waals surface area contributed by atoms with Crippen molar-refractivity contribution in [3.8, 4) is 45.3 Å². The van der Waals surface area contributed by atoms with Crippen molar-refractivity contribution in [3.63, 3.8) is 0 Å². The number of anilines is 6. The van der Waals surface area contributed by atoms with Crippen molar-refractivity contribution < 1.29 is 9.47 Å². The van der Waals surface area contributed by atoms with E-state index in [2.05, 4.69) is 252 Å². The summed E-state index contributed by atoms with van der Waals surface area (Å²) in [5, 5.41) is 4.55. The Balaban J connectivity index is 1.15. The van der Waals surface area contributed by atoms with Crippen LogP contribution in [0.3, 0.4) is 0 Å². The first-order chi connectivity index (χ1) is 32.8. The van der Waals surface area contributed by atoms with Crippen LogP contribution in [0.25, 0.3) is 43.8 Å². The Labute approximate surface area is 385 Å². The molecule has 1 aliphatic heterocycles. The average Bonchev–Trinajstić information content (AvgIpc) is 3.38. The first-order valence-electron chi connectivity index (χ1n) is 22.6. The van der Waals surface area contributed by atoms with E-state index in [9.17, 15) is 0 Å². The summed E-state index contributed by atoms with van der Waals surface area (Å²) in [6.45, 7) is 0. The number of hydrogen-bond acceptors (Lipinski definition) is 4. The molecule has 4 nitrogen and oxygen atoms in total. The van der Waals surface area contributed by atoms with Crippen molar-refractivity contribution in [1.29, 1.82) is 0 Å². The second-order valence-electron chi connectivity index (χ2n) is 16.7. The normalized spacial score (nSPS) is 12.5. The number of ether oxygens (including phenoxy) is 2. The molecular weight excluding hydrogens is 805 g/mol. The number of hydrogen-bond donors (Lipinski definition) is 0. The summed E-state index contributed by atoms with van der Waals surface area (Å²) in [6.07, 6.45) is 10.4. The Morgan fingerprint density at radius 1 is 0.318 bits per heavy atom. The van der Waals surface area contributed by atoms with Crippen molar-refractivity contribution in [2.75, 3.05) is 9.80 Å². The molecule has 4 heteroatoms. The van der Waals surface area contributed by atoms with Gasteiger partial charge in [-0.15, -0.1) is 0 Å². The highest BCUT2D eigenvalue weighted by Crippen LogP contribution is 2.60. The van der Waals surface area contributed by atoms with Gasteiger partial charge in [-0.1, -0.05) is 182 Å². The molecule has 1 aliphatic carbocycles. The van der Waals surface area contributed by atoms with E-state index in [0.29, 0.717) is 23.0 Å². The van der Waals surface area contributed by atoms with E-state index in [4.69, 9.17) is 9.47 Å². The van der Waals surface area contributed by atoms with Gasteiger partial charge in [0.1, 0.15) is 0 Å². The Hall–Kier alpha value is -8.60. The SMILES string of the molecule is C1=CCc2ccccc2-c2cc3c(cc2-c2ccccc2CC=C1)Oc1c(N(c2ccccc2)c2cccc4ccccc24)ccc(N(c2ccccc2)c2cccc4ccccc24)c1O3. The summed E-state index contributed by atoms with van der Waals surface area (Å²) in [7, 11) is 0. The molecule has 0 atom stereocenters. The van der Waals surface area contributed by atoms with Crippen LogP contribution in [0.2, 0.25) is 0 Å². The van der Waals surface area contributed by atoms with Crippen molar-refractivity contribution in [3.05, 3.63) is 254 Å². The molecule has 0 saturated heterocycles. The smallest absolute Gasteiger partial charge is 0.196 e. The minimum atomic E-state index is 0.618. The Kier molecular flexibility index (Phi) is 9.95. The van der Waals surface area contributed by atoms with Crippen LogP contribution in [0.5, 0.6) is 23.0 Å². The molecule has 0 bridgehead atoms. The zero-order valence-electron chi connectivity index (χ0n) is 36.2. The molecule has 0 radical (unpaired) electrons. The molecule has 10 aromatic carbocycles. The van der Waals surface area contributed by atoms with E-state index in [-0.39, 0.29) is 0 Å². The first kappa shape index (κ1) is 39.0. The van der Waals surface area contributed by atoms with Crippen LogP contribution in [0.15, 0.2) is 243 Å². The van der Waals surface area contributed by atoms with E-state index in [1.54, 1.807) is 0 Å². The maximum absolute atomic E-state index is 7.52. The quantitative estimate of drug-likeness (QED) is 0.166. The van der Waals surface area contributed by atoms with Gasteiger partial charge in [0, 0.05) is 22.1 Å². The topological polar surface area (TPSA) is 24.9 Å². The summed E-state index contributed by atoms with van der Waals surface area (Å²) < 4.78 is 15.0. The van der Waals surface area contributed by atoms with Crippen LogP contribution in [-0.2, 0) is 12.8 Å². The Morgan fingerprint density at radius 3 is 1.18 bits per heavy atom. The van der Waals surface area contributed by atoms with E-state index in [1.807, 2.05) is 0 Å². The molecule has 0 aromatic heterocycles. The molecule has 1 heterocycles. The van der Waals surface area contributed by atoms with Gasteiger partial charge >= 0.3 is 0 Å². The van der Waals surface area contributed by atoms with Crippen LogP contribution in [0.4, 0.5) is 34.1 Å². The standard InChI is InChI=1S/C62H44N2O2/c1-2-6-22-44-24-12-16-34-50(44)54-42-60-59(41-53(54)49-33-15-11-23-43(49)21-5-1)65-61-57(63(47-29-7-3-8-30-47)55-37-19-27-45-25-13-17-35-51(45)55)39-40-58(62(61)66-60)64(48-31-9-4-10-32-48)56-38-20-28-46-26-14-18-36-52(46)56/h1-20,23-42H,21-22H2. The van der Waals surface area contributed by atoms with Gasteiger partial charge in [0.05, 0.1) is 22.7 Å². The lowest BCUT2D eigenvalue weighted by atomic mass is 9.87. The molecule has 2 aliphatic rings. The van der Waals surface area contributed by atoms with Crippen LogP contribution < -0.4 is 19.3 Å². The third kappa shape index (κ3) is 6.97. The number of rotatable bonds is 6. The minimum absolute atomic E-state index is 0.618. The molecule has 314 valence electrons. The predicted molar refractivity (Wildman–Crippen MR) is 274 cm³/mol. The van der Waals surface area contributed by atoms with Crippen molar-refractivity contribution in [1.82, 2.24) is 0 Å². The third-order valence-electron chi connectivity index (χ3n) is 12.8. The molecule has 0 fully saturated rings. The molecule has 0 amide bonds. The molecule has 0 spiro atoms. The maximum Gasteiger partial charge on any atom is 0.196 e. The zero-order valence-corrected chi connectivity index (χ0v) is 36.2. The fraction of sp³-hybridized carbons (Fsp3) is 0.0323. The number of fused-ring (bicyclic) bond motifs is 9. The lowest BCUT2D eigenvalue weighted by molar-refractivity contribution is 0.362. The second kappa shape index (κ2) is 16.8. The van der Waals surface area contributed by atoms with Crippen LogP contribution in [0.1, 0.15) is 11.1 Å². The molecule has 0 unspecified atom stereocenters. The summed E-state index contributed by atoms with van der Waals surface area (Å²) in [6, 6.07) is 77.5. The van der Waals surface area contributed by atoms with E-state index >= 15 is 0 Å². The monoisotopic (exact) mass is 848 g/mol. The molecule has 10 aromatic rings. The van der Waals surface area contributed by atoms with Crippen LogP contribution in [0, 0.1) is 0 Å².